The van der Waals surface area contributed by atoms with Crippen molar-refractivity contribution >= 4 is 22.9 Å². The number of benzene rings is 3. The van der Waals surface area contributed by atoms with E-state index in [1.165, 1.54) is 16.7 Å². The number of rotatable bonds is 12. The molecular formula is C41H49N5O5. The fourth-order valence-corrected chi connectivity index (χ4v) is 7.95. The molecule has 1 unspecified atom stereocenters. The topological polar surface area (TPSA) is 96.3 Å². The van der Waals surface area contributed by atoms with Crippen LogP contribution in [0.25, 0.3) is 11.0 Å². The van der Waals surface area contributed by atoms with Crippen LogP contribution in [0.5, 0.6) is 17.2 Å². The van der Waals surface area contributed by atoms with Crippen LogP contribution in [-0.2, 0) is 12.0 Å². The summed E-state index contributed by atoms with van der Waals surface area (Å²) in [5.74, 6) is 2.32. The minimum absolute atomic E-state index is 0.0240. The monoisotopic (exact) mass is 691 g/mol. The normalized spacial score (nSPS) is 18.3. The van der Waals surface area contributed by atoms with E-state index in [0.717, 1.165) is 74.4 Å². The summed E-state index contributed by atoms with van der Waals surface area (Å²) in [4.78, 5) is 29.6. The molecule has 1 N–H and O–H groups in total. The quantitative estimate of drug-likeness (QED) is 0.148. The van der Waals surface area contributed by atoms with Gasteiger partial charge >= 0.3 is 0 Å². The molecule has 2 fully saturated rings. The molecule has 0 radical (unpaired) electrons. The first kappa shape index (κ1) is 34.5. The number of methoxy groups -OCH3 is 3. The van der Waals surface area contributed by atoms with Crippen LogP contribution < -0.4 is 19.1 Å². The second-order valence-electron chi connectivity index (χ2n) is 14.1. The van der Waals surface area contributed by atoms with Gasteiger partial charge in [0.05, 0.1) is 44.9 Å². The number of imidazole rings is 1. The molecule has 0 spiro atoms. The highest BCUT2D eigenvalue weighted by Crippen LogP contribution is 2.42. The zero-order valence-corrected chi connectivity index (χ0v) is 30.4. The average Bonchev–Trinajstić information content (AvgIpc) is 3.94. The van der Waals surface area contributed by atoms with Crippen LogP contribution in [0.15, 0.2) is 77.6 Å². The van der Waals surface area contributed by atoms with Crippen molar-refractivity contribution in [2.75, 3.05) is 59.0 Å². The number of aromatic amines is 1. The number of H-pyrrole nitrogens is 1. The van der Waals surface area contributed by atoms with E-state index in [-0.39, 0.29) is 11.3 Å². The van der Waals surface area contributed by atoms with Crippen LogP contribution in [0.4, 0.5) is 5.95 Å². The highest BCUT2D eigenvalue weighted by atomic mass is 16.5. The summed E-state index contributed by atoms with van der Waals surface area (Å²) in [6.07, 6.45) is 7.53. The highest BCUT2D eigenvalue weighted by molar-refractivity contribution is 5.96. The van der Waals surface area contributed by atoms with Gasteiger partial charge in [-0.15, -0.1) is 0 Å². The predicted octanol–water partition coefficient (Wildman–Crippen LogP) is 7.14. The molecule has 2 saturated heterocycles. The molecule has 2 aliphatic heterocycles. The van der Waals surface area contributed by atoms with Gasteiger partial charge in [-0.2, -0.15) is 0 Å². The molecule has 4 heterocycles. The maximum Gasteiger partial charge on any atom is 0.254 e. The van der Waals surface area contributed by atoms with E-state index in [9.17, 15) is 4.79 Å². The summed E-state index contributed by atoms with van der Waals surface area (Å²) in [6.45, 7) is 9.41. The number of furan rings is 1. The molecule has 51 heavy (non-hydrogen) atoms. The zero-order chi connectivity index (χ0) is 35.5. The van der Waals surface area contributed by atoms with Gasteiger partial charge in [-0.25, -0.2) is 4.98 Å². The van der Waals surface area contributed by atoms with Crippen molar-refractivity contribution in [2.45, 2.75) is 57.5 Å². The van der Waals surface area contributed by atoms with Gasteiger partial charge in [0.2, 0.25) is 11.7 Å². The van der Waals surface area contributed by atoms with Crippen molar-refractivity contribution < 1.29 is 23.4 Å². The Bertz CT molecular complexity index is 1910. The number of carbonyl (C=O) groups excluding carboxylic acids is 1. The molecule has 0 bridgehead atoms. The van der Waals surface area contributed by atoms with E-state index in [0.29, 0.717) is 41.9 Å². The maximum absolute atomic E-state index is 14.1. The largest absolute Gasteiger partial charge is 0.493 e. The SMILES string of the molecule is COc1cc(C(=O)N2CCC(CCN3CCC(N(Cc4ccoc4)c4nc5ccccc5[nH]4)CC3)(c3ccc(C)c(C)c3)C2)cc(OC)c1OC. The number of ether oxygens (including phenoxy) is 3. The number of hydrogen-bond acceptors (Lipinski definition) is 8. The van der Waals surface area contributed by atoms with Crippen LogP contribution in [0.1, 0.15) is 58.3 Å². The van der Waals surface area contributed by atoms with Gasteiger partial charge in [0.1, 0.15) is 0 Å². The van der Waals surface area contributed by atoms with Gasteiger partial charge in [0.15, 0.2) is 11.5 Å². The van der Waals surface area contributed by atoms with Crippen LogP contribution in [0.2, 0.25) is 0 Å². The molecule has 10 heteroatoms. The van der Waals surface area contributed by atoms with E-state index < -0.39 is 0 Å². The van der Waals surface area contributed by atoms with Gasteiger partial charge in [-0.3, -0.25) is 4.79 Å². The number of para-hydroxylation sites is 2. The zero-order valence-electron chi connectivity index (χ0n) is 30.4. The number of anilines is 1. The second-order valence-corrected chi connectivity index (χ2v) is 14.1. The molecule has 7 rings (SSSR count). The average molecular weight is 692 g/mol. The Hall–Kier alpha value is -4.96. The number of likely N-dealkylation sites (tertiary alicyclic amines) is 2. The van der Waals surface area contributed by atoms with Gasteiger partial charge in [0.25, 0.3) is 5.91 Å². The van der Waals surface area contributed by atoms with Crippen LogP contribution >= 0.6 is 0 Å². The summed E-state index contributed by atoms with van der Waals surface area (Å²) in [5.41, 5.74) is 7.44. The summed E-state index contributed by atoms with van der Waals surface area (Å²) in [5, 5.41) is 0. The van der Waals surface area contributed by atoms with Crippen molar-refractivity contribution in [3.05, 3.63) is 101 Å². The van der Waals surface area contributed by atoms with E-state index in [4.69, 9.17) is 23.6 Å². The standard InChI is InChI=1S/C41H49N5O5/c1-28-10-11-32(22-29(28)2)41(16-20-45(27-41)39(47)31-23-36(48-3)38(50-5)37(24-31)49-4)15-19-44-17-12-33(13-18-44)46(25-30-14-21-51-26-30)40-42-34-8-6-7-9-35(34)43-40/h6-11,14,21-24,26,33H,12-13,15-20,25,27H2,1-5H3,(H,42,43). The van der Waals surface area contributed by atoms with Crippen molar-refractivity contribution in [1.82, 2.24) is 19.8 Å². The minimum Gasteiger partial charge on any atom is -0.493 e. The molecular weight excluding hydrogens is 642 g/mol. The minimum atomic E-state index is -0.146. The van der Waals surface area contributed by atoms with Crippen LogP contribution in [0, 0.1) is 13.8 Å². The maximum atomic E-state index is 14.1. The lowest BCUT2D eigenvalue weighted by Gasteiger charge is -2.40. The van der Waals surface area contributed by atoms with E-state index in [1.807, 2.05) is 29.4 Å². The van der Waals surface area contributed by atoms with E-state index in [2.05, 4.69) is 59.0 Å². The van der Waals surface area contributed by atoms with Gasteiger partial charge in [-0.1, -0.05) is 30.3 Å². The fraction of sp³-hybridized carbons (Fsp3) is 0.415. The number of amides is 1. The first-order valence-corrected chi connectivity index (χ1v) is 17.9. The second kappa shape index (κ2) is 14.7. The van der Waals surface area contributed by atoms with E-state index >= 15 is 0 Å². The molecule has 1 amide bonds. The van der Waals surface area contributed by atoms with Gasteiger partial charge in [-0.05, 0) is 93.1 Å². The smallest absolute Gasteiger partial charge is 0.254 e. The Balaban J connectivity index is 1.07. The molecule has 2 aromatic heterocycles. The van der Waals surface area contributed by atoms with Crippen molar-refractivity contribution in [3.8, 4) is 17.2 Å². The molecule has 10 nitrogen and oxygen atoms in total. The molecule has 2 aliphatic rings. The lowest BCUT2D eigenvalue weighted by atomic mass is 9.75. The molecule has 0 aliphatic carbocycles. The number of nitrogens with one attached hydrogen (secondary N) is 1. The lowest BCUT2D eigenvalue weighted by molar-refractivity contribution is 0.0779. The third-order valence-corrected chi connectivity index (χ3v) is 11.2. The third-order valence-electron chi connectivity index (χ3n) is 11.2. The van der Waals surface area contributed by atoms with E-state index in [1.54, 1.807) is 39.7 Å². The Morgan fingerprint density at radius 1 is 0.961 bits per heavy atom. The number of hydrogen-bond donors (Lipinski definition) is 1. The summed E-state index contributed by atoms with van der Waals surface area (Å²) < 4.78 is 22.1. The lowest BCUT2D eigenvalue weighted by Crippen LogP contribution is -2.46. The Morgan fingerprint density at radius 2 is 1.73 bits per heavy atom. The summed E-state index contributed by atoms with van der Waals surface area (Å²) in [7, 11) is 4.72. The van der Waals surface area contributed by atoms with Crippen molar-refractivity contribution in [2.24, 2.45) is 0 Å². The molecule has 5 aromatic rings. The number of aromatic nitrogens is 2. The predicted molar refractivity (Wildman–Crippen MR) is 199 cm³/mol. The first-order valence-electron chi connectivity index (χ1n) is 17.9. The number of piperidine rings is 1. The van der Waals surface area contributed by atoms with Crippen LogP contribution in [-0.4, -0.2) is 85.8 Å². The molecule has 1 atom stereocenters. The summed E-state index contributed by atoms with van der Waals surface area (Å²) in [6, 6.07) is 21.0. The number of fused-ring (bicyclic) bond motifs is 1. The molecule has 268 valence electrons. The Morgan fingerprint density at radius 3 is 2.39 bits per heavy atom. The first-order chi connectivity index (χ1) is 24.8. The third kappa shape index (κ3) is 7.02. The number of carbonyl (C=O) groups is 1. The van der Waals surface area contributed by atoms with Crippen molar-refractivity contribution in [3.63, 3.8) is 0 Å². The van der Waals surface area contributed by atoms with Gasteiger partial charge < -0.3 is 38.3 Å². The summed E-state index contributed by atoms with van der Waals surface area (Å²) >= 11 is 0. The van der Waals surface area contributed by atoms with Crippen LogP contribution in [0.3, 0.4) is 0 Å². The van der Waals surface area contributed by atoms with Gasteiger partial charge in [0, 0.05) is 55.3 Å². The fourth-order valence-electron chi connectivity index (χ4n) is 7.95. The van der Waals surface area contributed by atoms with Crippen molar-refractivity contribution in [1.29, 1.82) is 0 Å². The number of aryl methyl sites for hydroxylation is 2. The Labute approximate surface area is 300 Å². The Kier molecular flexibility index (Phi) is 9.95. The number of nitrogens with zero attached hydrogens (tertiary/aromatic N) is 4. The molecule has 0 saturated carbocycles. The molecule has 3 aromatic carbocycles. The highest BCUT2D eigenvalue weighted by Gasteiger charge is 2.42.